The Labute approximate surface area is 311 Å². The van der Waals surface area contributed by atoms with Crippen LogP contribution in [-0.2, 0) is 38.0 Å². The highest BCUT2D eigenvalue weighted by Crippen LogP contribution is 2.71. The molecule has 7 fully saturated rings. The Morgan fingerprint density at radius 3 is 2.45 bits per heavy atom. The van der Waals surface area contributed by atoms with E-state index in [1.807, 2.05) is 0 Å². The fourth-order valence-corrected chi connectivity index (χ4v) is 12.5. The van der Waals surface area contributed by atoms with E-state index in [-0.39, 0.29) is 30.0 Å². The van der Waals surface area contributed by atoms with Crippen molar-refractivity contribution in [1.29, 1.82) is 0 Å². The molecule has 4 saturated heterocycles. The molecule has 298 valence electrons. The van der Waals surface area contributed by atoms with Crippen molar-refractivity contribution in [2.75, 3.05) is 13.2 Å². The fourth-order valence-electron chi connectivity index (χ4n) is 12.5. The lowest BCUT2D eigenvalue weighted by atomic mass is 9.46. The molecule has 0 aromatic carbocycles. The highest BCUT2D eigenvalue weighted by Gasteiger charge is 2.69. The Balaban J connectivity index is 1.04. The summed E-state index contributed by atoms with van der Waals surface area (Å²) in [6, 6.07) is 0. The third kappa shape index (κ3) is 6.11. The highest BCUT2D eigenvalue weighted by atomic mass is 16.8. The van der Waals surface area contributed by atoms with Crippen LogP contribution in [0.3, 0.4) is 0 Å². The minimum Gasteiger partial charge on any atom is -0.454 e. The number of allylic oxidation sites excluding steroid dienone is 1. The van der Waals surface area contributed by atoms with E-state index in [4.69, 9.17) is 33.2 Å². The van der Waals surface area contributed by atoms with Crippen LogP contribution in [0.5, 0.6) is 0 Å². The Bertz CT molecular complexity index is 1440. The molecule has 1 unspecified atom stereocenters. The molecule has 53 heavy (non-hydrogen) atoms. The normalized spacial score (nSPS) is 55.1. The average molecular weight is 749 g/mol. The van der Waals surface area contributed by atoms with Gasteiger partial charge in [-0.25, -0.2) is 0 Å². The van der Waals surface area contributed by atoms with E-state index in [0.29, 0.717) is 37.2 Å². The fraction of sp³-hybridized carbons (Fsp3) is 0.875. The van der Waals surface area contributed by atoms with Crippen LogP contribution in [0.25, 0.3) is 0 Å². The van der Waals surface area contributed by atoms with Gasteiger partial charge in [0, 0.05) is 31.1 Å². The summed E-state index contributed by atoms with van der Waals surface area (Å²) in [4.78, 5) is 12.0. The summed E-state index contributed by atoms with van der Waals surface area (Å²) >= 11 is 0. The van der Waals surface area contributed by atoms with Gasteiger partial charge in [0.05, 0.1) is 37.6 Å². The van der Waals surface area contributed by atoms with Gasteiger partial charge in [-0.2, -0.15) is 0 Å². The van der Waals surface area contributed by atoms with Gasteiger partial charge in [0.2, 0.25) is 0 Å². The standard InChI is InChI=1S/C40H60O13/c1-18-9-12-40(48-16-18)19(2)30-28(53-40)15-26-24-8-7-22-13-23(42)14-29(39(22,6)25(24)10-11-38(26,30)5)51-36-34(32(45)27(43)17-47-36)52-37-35(50-21(4)41)33(46)31(44)20(3)49-37/h7,19-20,23-37,42-46H,1,8-17H2,2-6H3/t19-,20-,23+,24+,25-,26-,27+,28-,29?,30-,31-,32-,33+,34+,35+,36-,37-,38-,39-,40+/m0/s1. The Hall–Kier alpha value is -1.49. The third-order valence-electron chi connectivity index (χ3n) is 15.3. The van der Waals surface area contributed by atoms with Crippen molar-refractivity contribution in [1.82, 2.24) is 0 Å². The van der Waals surface area contributed by atoms with E-state index in [1.165, 1.54) is 12.5 Å². The maximum Gasteiger partial charge on any atom is 0.303 e. The number of ether oxygens (including phenoxy) is 7. The van der Waals surface area contributed by atoms with Crippen LogP contribution in [-0.4, -0.2) is 124 Å². The van der Waals surface area contributed by atoms with Crippen molar-refractivity contribution in [2.45, 2.75) is 165 Å². The van der Waals surface area contributed by atoms with Crippen LogP contribution in [0, 0.1) is 40.4 Å². The van der Waals surface area contributed by atoms with Gasteiger partial charge in [0.15, 0.2) is 24.5 Å². The van der Waals surface area contributed by atoms with Crippen LogP contribution >= 0.6 is 0 Å². The van der Waals surface area contributed by atoms with Gasteiger partial charge in [0.1, 0.15) is 30.5 Å². The molecule has 13 nitrogen and oxygen atoms in total. The van der Waals surface area contributed by atoms with Crippen LogP contribution in [0.4, 0.5) is 0 Å². The molecule has 13 heteroatoms. The van der Waals surface area contributed by atoms with Crippen LogP contribution in [0.2, 0.25) is 0 Å². The van der Waals surface area contributed by atoms with Gasteiger partial charge in [0.25, 0.3) is 0 Å². The van der Waals surface area contributed by atoms with E-state index < -0.39 is 84.7 Å². The number of hydrogen-bond donors (Lipinski definition) is 5. The Morgan fingerprint density at radius 2 is 1.74 bits per heavy atom. The average Bonchev–Trinajstić information content (AvgIpc) is 3.56. The largest absolute Gasteiger partial charge is 0.454 e. The molecule has 3 saturated carbocycles. The quantitative estimate of drug-likeness (QED) is 0.205. The molecule has 20 atom stereocenters. The minimum absolute atomic E-state index is 0.0955. The Morgan fingerprint density at radius 1 is 0.962 bits per heavy atom. The predicted molar refractivity (Wildman–Crippen MR) is 186 cm³/mol. The zero-order valence-electron chi connectivity index (χ0n) is 31.7. The molecule has 0 bridgehead atoms. The summed E-state index contributed by atoms with van der Waals surface area (Å²) in [6.07, 6.45) is -3.92. The van der Waals surface area contributed by atoms with Gasteiger partial charge in [-0.3, -0.25) is 4.79 Å². The molecule has 0 aromatic rings. The molecule has 8 rings (SSSR count). The number of esters is 1. The van der Waals surface area contributed by atoms with Crippen molar-refractivity contribution in [3.63, 3.8) is 0 Å². The number of hydrogen-bond acceptors (Lipinski definition) is 13. The van der Waals surface area contributed by atoms with Crippen molar-refractivity contribution in [2.24, 2.45) is 40.4 Å². The lowest BCUT2D eigenvalue weighted by Gasteiger charge is -2.60. The van der Waals surface area contributed by atoms with Gasteiger partial charge in [-0.15, -0.1) is 0 Å². The van der Waals surface area contributed by atoms with E-state index in [9.17, 15) is 30.3 Å². The van der Waals surface area contributed by atoms with E-state index >= 15 is 0 Å². The Kier molecular flexibility index (Phi) is 10.0. The van der Waals surface area contributed by atoms with Gasteiger partial charge in [-0.05, 0) is 74.5 Å². The van der Waals surface area contributed by atoms with E-state index in [1.54, 1.807) is 6.92 Å². The van der Waals surface area contributed by atoms with Crippen LogP contribution < -0.4 is 0 Å². The van der Waals surface area contributed by atoms with Crippen molar-refractivity contribution in [3.8, 4) is 0 Å². The molecule has 4 aliphatic heterocycles. The second kappa shape index (κ2) is 13.9. The summed E-state index contributed by atoms with van der Waals surface area (Å²) in [5, 5.41) is 54.5. The molecule has 0 amide bonds. The first-order valence-electron chi connectivity index (χ1n) is 19.9. The number of fused-ring (bicyclic) bond motifs is 7. The SMILES string of the molecule is C=C1CC[C@@]2(OC1)O[C@H]1C[C@H]3[C@@H]4CC=C5C[C@@H](O)CC(O[C@@H]6OC[C@@H](O)[C@H](O)[C@H]6O[C@@H]6O[C@@H](C)[C@H](O)[C@@H](O)[C@H]6OC(C)=O)[C@]5(C)[C@H]4CC[C@]3(C)[C@H]1[C@@H]2C. The number of carbonyl (C=O) groups is 1. The third-order valence-corrected chi connectivity index (χ3v) is 15.3. The molecule has 4 aliphatic carbocycles. The summed E-state index contributed by atoms with van der Waals surface area (Å²) in [5.74, 6) is 0.525. The van der Waals surface area contributed by atoms with E-state index in [2.05, 4.69) is 33.4 Å². The lowest BCUT2D eigenvalue weighted by Crippen LogP contribution is -2.64. The molecule has 0 radical (unpaired) electrons. The van der Waals surface area contributed by atoms with E-state index in [0.717, 1.165) is 44.1 Å². The maximum absolute atomic E-state index is 12.0. The molecule has 1 spiro atoms. The van der Waals surface area contributed by atoms with Crippen LogP contribution in [0.15, 0.2) is 23.8 Å². The monoisotopic (exact) mass is 748 g/mol. The smallest absolute Gasteiger partial charge is 0.303 e. The van der Waals surface area contributed by atoms with Gasteiger partial charge < -0.3 is 58.7 Å². The number of carbonyl (C=O) groups excluding carboxylic acids is 1. The molecule has 0 aromatic heterocycles. The molecular formula is C40H60O13. The molecular weight excluding hydrogens is 688 g/mol. The van der Waals surface area contributed by atoms with Gasteiger partial charge in [-0.1, -0.05) is 44.6 Å². The summed E-state index contributed by atoms with van der Waals surface area (Å²) in [7, 11) is 0. The summed E-state index contributed by atoms with van der Waals surface area (Å²) < 4.78 is 43.6. The predicted octanol–water partition coefficient (Wildman–Crippen LogP) is 2.49. The second-order valence-corrected chi connectivity index (χ2v) is 18.1. The number of aliphatic hydroxyl groups is 5. The lowest BCUT2D eigenvalue weighted by molar-refractivity contribution is -0.363. The first kappa shape index (κ1) is 38.4. The summed E-state index contributed by atoms with van der Waals surface area (Å²) in [5.41, 5.74) is 1.95. The van der Waals surface area contributed by atoms with Crippen molar-refractivity contribution in [3.05, 3.63) is 23.8 Å². The van der Waals surface area contributed by atoms with Crippen LogP contribution in [0.1, 0.15) is 86.0 Å². The topological polar surface area (TPSA) is 183 Å². The minimum atomic E-state index is -1.53. The van der Waals surface area contributed by atoms with Crippen molar-refractivity contribution >= 4 is 5.97 Å². The molecule has 4 heterocycles. The van der Waals surface area contributed by atoms with Crippen molar-refractivity contribution < 1.29 is 63.5 Å². The maximum atomic E-state index is 12.0. The van der Waals surface area contributed by atoms with Gasteiger partial charge >= 0.3 is 5.97 Å². The number of rotatable bonds is 5. The first-order valence-corrected chi connectivity index (χ1v) is 19.9. The molecule has 5 N–H and O–H groups in total. The summed E-state index contributed by atoms with van der Waals surface area (Å²) in [6.45, 7) is 14.3. The zero-order valence-corrected chi connectivity index (χ0v) is 31.7. The zero-order chi connectivity index (χ0) is 37.8. The number of aliphatic hydroxyl groups excluding tert-OH is 5. The molecule has 8 aliphatic rings. The highest BCUT2D eigenvalue weighted by molar-refractivity contribution is 5.66. The second-order valence-electron chi connectivity index (χ2n) is 18.1. The first-order chi connectivity index (χ1) is 25.1.